The molecule has 152 valence electrons. The first-order chi connectivity index (χ1) is 13.4. The van der Waals surface area contributed by atoms with Crippen molar-refractivity contribution in [1.82, 2.24) is 9.97 Å². The van der Waals surface area contributed by atoms with Gasteiger partial charge in [-0.1, -0.05) is 39.0 Å². The van der Waals surface area contributed by atoms with Gasteiger partial charge in [0, 0.05) is 24.8 Å². The summed E-state index contributed by atoms with van der Waals surface area (Å²) in [4.78, 5) is 11.6. The Hall–Kier alpha value is -2.18. The minimum absolute atomic E-state index is 0.0510. The van der Waals surface area contributed by atoms with Crippen LogP contribution < -0.4 is 10.2 Å². The Morgan fingerprint density at radius 3 is 2.57 bits per heavy atom. The number of aryl methyl sites for hydroxylation is 1. The van der Waals surface area contributed by atoms with E-state index in [2.05, 4.69) is 54.2 Å². The van der Waals surface area contributed by atoms with E-state index in [1.165, 1.54) is 11.1 Å². The zero-order chi connectivity index (χ0) is 20.3. The maximum atomic E-state index is 9.82. The molecule has 6 heteroatoms. The molecule has 0 aliphatic carbocycles. The Kier molecular flexibility index (Phi) is 6.52. The Morgan fingerprint density at radius 2 is 1.93 bits per heavy atom. The van der Waals surface area contributed by atoms with E-state index >= 15 is 0 Å². The third-order valence-electron chi connectivity index (χ3n) is 5.49. The summed E-state index contributed by atoms with van der Waals surface area (Å²) in [7, 11) is 0. The van der Waals surface area contributed by atoms with Crippen molar-refractivity contribution in [1.29, 1.82) is 0 Å². The van der Waals surface area contributed by atoms with Crippen LogP contribution in [0, 0.1) is 5.92 Å². The van der Waals surface area contributed by atoms with Crippen molar-refractivity contribution in [3.8, 4) is 0 Å². The minimum atomic E-state index is -0.439. The van der Waals surface area contributed by atoms with Gasteiger partial charge in [-0.3, -0.25) is 0 Å². The van der Waals surface area contributed by atoms with Crippen LogP contribution in [0.5, 0.6) is 0 Å². The molecule has 0 spiro atoms. The van der Waals surface area contributed by atoms with Gasteiger partial charge in [-0.2, -0.15) is 4.98 Å². The monoisotopic (exact) mass is 384 g/mol. The van der Waals surface area contributed by atoms with Crippen molar-refractivity contribution in [2.45, 2.75) is 59.2 Å². The van der Waals surface area contributed by atoms with E-state index in [0.29, 0.717) is 5.95 Å². The molecule has 2 heterocycles. The lowest BCUT2D eigenvalue weighted by molar-refractivity contribution is 0.199. The average Bonchev–Trinajstić information content (AvgIpc) is 2.70. The topological polar surface area (TPSA) is 81.5 Å². The highest BCUT2D eigenvalue weighted by molar-refractivity contribution is 5.49. The van der Waals surface area contributed by atoms with Gasteiger partial charge in [-0.25, -0.2) is 4.98 Å². The van der Waals surface area contributed by atoms with E-state index in [1.807, 2.05) is 6.07 Å². The first kappa shape index (κ1) is 20.6. The maximum Gasteiger partial charge on any atom is 0.225 e. The molecule has 0 fully saturated rings. The van der Waals surface area contributed by atoms with E-state index < -0.39 is 6.10 Å². The standard InChI is InChI=1S/C22H32N4O2/c1-5-19-11-21(25-22(23-19)24-20(13-27)14(2)3)26-9-8-17-10-16(15(4)28)6-7-18(17)12-26/h6-7,10-11,14-15,20,27-28H,5,8-9,12-13H2,1-4H3,(H,23,24,25)/t15-,20+/m0/s1. The average molecular weight is 385 g/mol. The fourth-order valence-electron chi connectivity index (χ4n) is 3.51. The van der Waals surface area contributed by atoms with Crippen LogP contribution in [0.3, 0.4) is 0 Å². The number of hydrogen-bond acceptors (Lipinski definition) is 6. The zero-order valence-electron chi connectivity index (χ0n) is 17.3. The molecule has 0 saturated heterocycles. The van der Waals surface area contributed by atoms with Crippen LogP contribution in [0.25, 0.3) is 0 Å². The first-order valence-corrected chi connectivity index (χ1v) is 10.2. The van der Waals surface area contributed by atoms with Crippen LogP contribution in [-0.2, 0) is 19.4 Å². The second-order valence-electron chi connectivity index (χ2n) is 7.95. The third-order valence-corrected chi connectivity index (χ3v) is 5.49. The van der Waals surface area contributed by atoms with Gasteiger partial charge in [0.05, 0.1) is 18.8 Å². The SMILES string of the molecule is CCc1cc(N2CCc3cc([C@H](C)O)ccc3C2)nc(N[C@H](CO)C(C)C)n1. The summed E-state index contributed by atoms with van der Waals surface area (Å²) in [5.74, 6) is 1.78. The van der Waals surface area contributed by atoms with E-state index in [-0.39, 0.29) is 18.6 Å². The molecule has 28 heavy (non-hydrogen) atoms. The van der Waals surface area contributed by atoms with Crippen molar-refractivity contribution < 1.29 is 10.2 Å². The fourth-order valence-corrected chi connectivity index (χ4v) is 3.51. The molecular formula is C22H32N4O2. The molecule has 3 N–H and O–H groups in total. The predicted octanol–water partition coefficient (Wildman–Crippen LogP) is 3.08. The minimum Gasteiger partial charge on any atom is -0.394 e. The summed E-state index contributed by atoms with van der Waals surface area (Å²) >= 11 is 0. The first-order valence-electron chi connectivity index (χ1n) is 10.2. The Morgan fingerprint density at radius 1 is 1.14 bits per heavy atom. The van der Waals surface area contributed by atoms with Crippen molar-refractivity contribution in [3.63, 3.8) is 0 Å². The van der Waals surface area contributed by atoms with Gasteiger partial charge in [-0.05, 0) is 42.4 Å². The van der Waals surface area contributed by atoms with E-state index in [0.717, 1.165) is 43.0 Å². The molecule has 1 aromatic carbocycles. The number of aliphatic hydroxyl groups is 2. The van der Waals surface area contributed by atoms with Gasteiger partial charge in [0.25, 0.3) is 0 Å². The third kappa shape index (κ3) is 4.62. The highest BCUT2D eigenvalue weighted by atomic mass is 16.3. The lowest BCUT2D eigenvalue weighted by Crippen LogP contribution is -2.33. The number of nitrogens with zero attached hydrogens (tertiary/aromatic N) is 3. The van der Waals surface area contributed by atoms with Gasteiger partial charge in [0.2, 0.25) is 5.95 Å². The van der Waals surface area contributed by atoms with Crippen molar-refractivity contribution in [2.75, 3.05) is 23.4 Å². The second-order valence-corrected chi connectivity index (χ2v) is 7.95. The summed E-state index contributed by atoms with van der Waals surface area (Å²) in [6.45, 7) is 9.75. The van der Waals surface area contributed by atoms with Crippen LogP contribution in [0.4, 0.5) is 11.8 Å². The van der Waals surface area contributed by atoms with Crippen molar-refractivity contribution in [3.05, 3.63) is 46.6 Å². The Bertz CT molecular complexity index is 807. The van der Waals surface area contributed by atoms with Gasteiger partial charge in [0.15, 0.2) is 0 Å². The molecule has 0 unspecified atom stereocenters. The fraction of sp³-hybridized carbons (Fsp3) is 0.545. The number of aliphatic hydroxyl groups excluding tert-OH is 2. The normalized spacial score (nSPS) is 16.0. The van der Waals surface area contributed by atoms with Crippen LogP contribution in [0.15, 0.2) is 24.3 Å². The lowest BCUT2D eigenvalue weighted by Gasteiger charge is -2.31. The lowest BCUT2D eigenvalue weighted by atomic mass is 9.96. The molecule has 1 aliphatic heterocycles. The molecule has 0 saturated carbocycles. The quantitative estimate of drug-likeness (QED) is 0.681. The van der Waals surface area contributed by atoms with Gasteiger partial charge >= 0.3 is 0 Å². The molecule has 0 amide bonds. The van der Waals surface area contributed by atoms with E-state index in [1.54, 1.807) is 6.92 Å². The molecule has 0 bridgehead atoms. The van der Waals surface area contributed by atoms with E-state index in [4.69, 9.17) is 4.98 Å². The summed E-state index contributed by atoms with van der Waals surface area (Å²) in [6, 6.07) is 8.23. The number of nitrogens with one attached hydrogen (secondary N) is 1. The smallest absolute Gasteiger partial charge is 0.225 e. The molecule has 2 atom stereocenters. The molecule has 3 rings (SSSR count). The van der Waals surface area contributed by atoms with Crippen LogP contribution in [0.1, 0.15) is 56.2 Å². The van der Waals surface area contributed by atoms with Crippen molar-refractivity contribution in [2.24, 2.45) is 5.92 Å². The molecule has 1 aromatic heterocycles. The largest absolute Gasteiger partial charge is 0.394 e. The number of anilines is 2. The van der Waals surface area contributed by atoms with Gasteiger partial charge < -0.3 is 20.4 Å². The van der Waals surface area contributed by atoms with Gasteiger partial charge in [0.1, 0.15) is 5.82 Å². The second kappa shape index (κ2) is 8.88. The van der Waals surface area contributed by atoms with E-state index in [9.17, 15) is 10.2 Å². The molecule has 6 nitrogen and oxygen atoms in total. The molecule has 2 aromatic rings. The molecule has 0 radical (unpaired) electrons. The number of aromatic nitrogens is 2. The highest BCUT2D eigenvalue weighted by Crippen LogP contribution is 2.27. The number of fused-ring (bicyclic) bond motifs is 1. The predicted molar refractivity (Wildman–Crippen MR) is 113 cm³/mol. The highest BCUT2D eigenvalue weighted by Gasteiger charge is 2.21. The molecular weight excluding hydrogens is 352 g/mol. The maximum absolute atomic E-state index is 9.82. The molecule has 1 aliphatic rings. The summed E-state index contributed by atoms with van der Waals surface area (Å²) in [6.07, 6.45) is 1.32. The summed E-state index contributed by atoms with van der Waals surface area (Å²) in [5, 5.41) is 22.7. The number of benzene rings is 1. The number of hydrogen-bond donors (Lipinski definition) is 3. The Labute approximate surface area is 167 Å². The van der Waals surface area contributed by atoms with Crippen LogP contribution in [0.2, 0.25) is 0 Å². The van der Waals surface area contributed by atoms with Gasteiger partial charge in [-0.15, -0.1) is 0 Å². The Balaban J connectivity index is 1.84. The summed E-state index contributed by atoms with van der Waals surface area (Å²) < 4.78 is 0. The van der Waals surface area contributed by atoms with Crippen LogP contribution in [-0.4, -0.2) is 39.4 Å². The summed E-state index contributed by atoms with van der Waals surface area (Å²) in [5.41, 5.74) is 4.54. The van der Waals surface area contributed by atoms with Crippen molar-refractivity contribution >= 4 is 11.8 Å². The van der Waals surface area contributed by atoms with Crippen LogP contribution >= 0.6 is 0 Å². The number of rotatable bonds is 7. The zero-order valence-corrected chi connectivity index (χ0v) is 17.3.